The smallest absolute Gasteiger partial charge is 0.175 e. The number of amidine groups is 1. The van der Waals surface area contributed by atoms with E-state index in [1.165, 1.54) is 29.6 Å². The number of nitrogens with zero attached hydrogens (tertiary/aromatic N) is 3. The number of hydrogen-bond acceptors (Lipinski definition) is 6. The second-order valence-corrected chi connectivity index (χ2v) is 5.11. The Labute approximate surface area is 101 Å². The van der Waals surface area contributed by atoms with Crippen LogP contribution < -0.4 is 5.73 Å². The largest absolute Gasteiger partial charge is 0.384 e. The summed E-state index contributed by atoms with van der Waals surface area (Å²) < 4.78 is 4.74. The maximum absolute atomic E-state index is 7.39. The molecule has 5 nitrogen and oxygen atoms in total. The van der Waals surface area contributed by atoms with Crippen LogP contribution in [0.1, 0.15) is 11.3 Å². The van der Waals surface area contributed by atoms with Crippen LogP contribution >= 0.6 is 23.3 Å². The summed E-state index contributed by atoms with van der Waals surface area (Å²) in [5, 5.41) is 8.17. The van der Waals surface area contributed by atoms with E-state index in [0.717, 1.165) is 15.1 Å². The van der Waals surface area contributed by atoms with Crippen LogP contribution in [0, 0.1) is 12.3 Å². The van der Waals surface area contributed by atoms with Crippen LogP contribution in [0.15, 0.2) is 27.8 Å². The van der Waals surface area contributed by atoms with Crippen molar-refractivity contribution in [2.24, 2.45) is 5.73 Å². The van der Waals surface area contributed by atoms with Crippen molar-refractivity contribution in [3.05, 3.63) is 29.7 Å². The summed E-state index contributed by atoms with van der Waals surface area (Å²) in [6.45, 7) is 1.87. The molecule has 0 radical (unpaired) electrons. The summed E-state index contributed by atoms with van der Waals surface area (Å²) in [6, 6.07) is 3.56. The summed E-state index contributed by atoms with van der Waals surface area (Å²) in [5.74, 6) is 0.0459. The molecule has 3 N–H and O–H groups in total. The van der Waals surface area contributed by atoms with Gasteiger partial charge in [0.15, 0.2) is 4.34 Å². The molecule has 0 aliphatic carbocycles. The van der Waals surface area contributed by atoms with Crippen molar-refractivity contribution < 1.29 is 0 Å². The average molecular weight is 251 g/mol. The van der Waals surface area contributed by atoms with Crippen LogP contribution in [0.5, 0.6) is 0 Å². The Bertz CT molecular complexity index is 509. The summed E-state index contributed by atoms with van der Waals surface area (Å²) in [5.41, 5.74) is 6.96. The Morgan fingerprint density at radius 3 is 2.94 bits per heavy atom. The molecule has 2 aromatic rings. The second-order valence-electron chi connectivity index (χ2n) is 3.06. The van der Waals surface area contributed by atoms with E-state index < -0.39 is 0 Å². The number of aromatic nitrogens is 3. The van der Waals surface area contributed by atoms with E-state index in [4.69, 9.17) is 11.1 Å². The van der Waals surface area contributed by atoms with E-state index in [1.54, 1.807) is 12.1 Å². The van der Waals surface area contributed by atoms with Gasteiger partial charge in [-0.2, -0.15) is 4.37 Å². The lowest BCUT2D eigenvalue weighted by atomic mass is 10.2. The Kier molecular flexibility index (Phi) is 3.16. The first-order valence-electron chi connectivity index (χ1n) is 4.43. The fourth-order valence-corrected chi connectivity index (χ4v) is 2.61. The molecule has 0 amide bonds. The summed E-state index contributed by atoms with van der Waals surface area (Å²) >= 11 is 2.74. The van der Waals surface area contributed by atoms with E-state index in [1.807, 2.05) is 6.92 Å². The number of pyridine rings is 1. The predicted octanol–water partition coefficient (Wildman–Crippen LogP) is 1.68. The first kappa shape index (κ1) is 11.0. The van der Waals surface area contributed by atoms with Gasteiger partial charge in [0, 0.05) is 11.3 Å². The Morgan fingerprint density at radius 2 is 2.31 bits per heavy atom. The Morgan fingerprint density at radius 1 is 1.50 bits per heavy atom. The molecule has 16 heavy (non-hydrogen) atoms. The topological polar surface area (TPSA) is 88.5 Å². The van der Waals surface area contributed by atoms with Gasteiger partial charge in [0.1, 0.15) is 17.2 Å². The molecular formula is C9H9N5S2. The fraction of sp³-hybridized carbons (Fsp3) is 0.111. The third-order valence-electron chi connectivity index (χ3n) is 1.77. The van der Waals surface area contributed by atoms with Gasteiger partial charge < -0.3 is 5.73 Å². The second kappa shape index (κ2) is 4.58. The number of rotatable bonds is 3. The van der Waals surface area contributed by atoms with Crippen molar-refractivity contribution in [2.45, 2.75) is 16.3 Å². The molecule has 0 unspecified atom stereocenters. The van der Waals surface area contributed by atoms with Gasteiger partial charge in [-0.3, -0.25) is 5.41 Å². The molecule has 0 fully saturated rings. The zero-order valence-electron chi connectivity index (χ0n) is 8.47. The van der Waals surface area contributed by atoms with Crippen LogP contribution in [-0.4, -0.2) is 20.2 Å². The van der Waals surface area contributed by atoms with Gasteiger partial charge >= 0.3 is 0 Å². The molecule has 2 rings (SSSR count). The zero-order chi connectivity index (χ0) is 11.5. The van der Waals surface area contributed by atoms with Crippen molar-refractivity contribution in [2.75, 3.05) is 0 Å². The number of hydrogen-bond donors (Lipinski definition) is 2. The van der Waals surface area contributed by atoms with E-state index in [9.17, 15) is 0 Å². The lowest BCUT2D eigenvalue weighted by molar-refractivity contribution is 1.05. The highest BCUT2D eigenvalue weighted by atomic mass is 32.2. The Balaban J connectivity index is 2.31. The lowest BCUT2D eigenvalue weighted by Crippen LogP contribution is -2.11. The third-order valence-corrected chi connectivity index (χ3v) is 3.41. The predicted molar refractivity (Wildman–Crippen MR) is 64.0 cm³/mol. The van der Waals surface area contributed by atoms with E-state index in [0.29, 0.717) is 5.56 Å². The zero-order valence-corrected chi connectivity index (χ0v) is 10.1. The average Bonchev–Trinajstić information content (AvgIpc) is 2.69. The summed E-state index contributed by atoms with van der Waals surface area (Å²) in [7, 11) is 0. The van der Waals surface area contributed by atoms with E-state index in [-0.39, 0.29) is 5.84 Å². The van der Waals surface area contributed by atoms with Gasteiger partial charge in [-0.1, -0.05) is 0 Å². The minimum absolute atomic E-state index is 0.0459. The van der Waals surface area contributed by atoms with Crippen molar-refractivity contribution in [1.29, 1.82) is 5.41 Å². The minimum atomic E-state index is 0.0459. The minimum Gasteiger partial charge on any atom is -0.384 e. The standard InChI is InChI=1S/C9H9N5S2/c1-5-2-6(8(10)11)3-7(14-5)15-9-12-4-13-16-9/h2-4H,1H3,(H3,10,11). The molecule has 0 atom stereocenters. The van der Waals surface area contributed by atoms with Gasteiger partial charge in [-0.05, 0) is 42.4 Å². The number of nitrogens with two attached hydrogens (primary N) is 1. The molecule has 0 saturated carbocycles. The number of nitrogen functional groups attached to an aromatic ring is 1. The molecular weight excluding hydrogens is 242 g/mol. The maximum atomic E-state index is 7.39. The third kappa shape index (κ3) is 2.56. The van der Waals surface area contributed by atoms with Crippen molar-refractivity contribution in [1.82, 2.24) is 14.3 Å². The first-order chi connectivity index (χ1) is 7.65. The molecule has 0 aliphatic heterocycles. The first-order valence-corrected chi connectivity index (χ1v) is 6.02. The molecule has 7 heteroatoms. The van der Waals surface area contributed by atoms with Crippen molar-refractivity contribution in [3.63, 3.8) is 0 Å². The van der Waals surface area contributed by atoms with Crippen LogP contribution in [-0.2, 0) is 0 Å². The van der Waals surface area contributed by atoms with Gasteiger partial charge in [-0.25, -0.2) is 9.97 Å². The summed E-state index contributed by atoms with van der Waals surface area (Å²) in [4.78, 5) is 8.40. The van der Waals surface area contributed by atoms with Crippen LogP contribution in [0.25, 0.3) is 0 Å². The molecule has 0 aromatic carbocycles. The summed E-state index contributed by atoms with van der Waals surface area (Å²) in [6.07, 6.45) is 1.51. The van der Waals surface area contributed by atoms with Gasteiger partial charge in [-0.15, -0.1) is 0 Å². The molecule has 0 bridgehead atoms. The molecule has 0 saturated heterocycles. The monoisotopic (exact) mass is 251 g/mol. The highest BCUT2D eigenvalue weighted by Crippen LogP contribution is 2.27. The Hall–Kier alpha value is -1.47. The SMILES string of the molecule is Cc1cc(C(=N)N)cc(Sc2ncns2)n1. The molecule has 2 heterocycles. The fourth-order valence-electron chi connectivity index (χ4n) is 1.14. The molecule has 2 aromatic heterocycles. The molecule has 0 spiro atoms. The molecule has 0 aliphatic rings. The van der Waals surface area contributed by atoms with Crippen molar-refractivity contribution in [3.8, 4) is 0 Å². The van der Waals surface area contributed by atoms with Crippen molar-refractivity contribution >= 4 is 29.1 Å². The highest BCUT2D eigenvalue weighted by Gasteiger charge is 2.06. The lowest BCUT2D eigenvalue weighted by Gasteiger charge is -2.03. The maximum Gasteiger partial charge on any atom is 0.175 e. The van der Waals surface area contributed by atoms with Gasteiger partial charge in [0.2, 0.25) is 0 Å². The van der Waals surface area contributed by atoms with Crippen LogP contribution in [0.2, 0.25) is 0 Å². The van der Waals surface area contributed by atoms with E-state index in [2.05, 4.69) is 14.3 Å². The van der Waals surface area contributed by atoms with E-state index >= 15 is 0 Å². The van der Waals surface area contributed by atoms with Gasteiger partial charge in [0.05, 0.1) is 0 Å². The highest BCUT2D eigenvalue weighted by molar-refractivity contribution is 8.00. The molecule has 82 valence electrons. The van der Waals surface area contributed by atoms with Gasteiger partial charge in [0.25, 0.3) is 0 Å². The van der Waals surface area contributed by atoms with Crippen LogP contribution in [0.4, 0.5) is 0 Å². The number of nitrogens with one attached hydrogen (secondary N) is 1. The quantitative estimate of drug-likeness (QED) is 0.640. The normalized spacial score (nSPS) is 10.3. The van der Waals surface area contributed by atoms with Crippen LogP contribution in [0.3, 0.4) is 0 Å². The number of aryl methyl sites for hydroxylation is 1.